The van der Waals surface area contributed by atoms with E-state index >= 15 is 0 Å². The summed E-state index contributed by atoms with van der Waals surface area (Å²) in [4.78, 5) is 21.2. The zero-order chi connectivity index (χ0) is 7.56. The van der Waals surface area contributed by atoms with Gasteiger partial charge < -0.3 is 4.74 Å². The molecular weight excluding hydrogens is 156 g/mol. The molecule has 3 nitrogen and oxygen atoms in total. The summed E-state index contributed by atoms with van der Waals surface area (Å²) in [6.07, 6.45) is 0.266. The lowest BCUT2D eigenvalue weighted by molar-refractivity contribution is -0.146. The first-order valence-corrected chi connectivity index (χ1v) is 3.55. The Balaban J connectivity index is 2.44. The summed E-state index contributed by atoms with van der Waals surface area (Å²) in [5.41, 5.74) is 0. The van der Waals surface area contributed by atoms with Crippen LogP contribution < -0.4 is 0 Å². The molecule has 0 aliphatic carbocycles. The molecule has 0 aromatic rings. The van der Waals surface area contributed by atoms with E-state index in [0.717, 1.165) is 0 Å². The first-order chi connectivity index (χ1) is 4.74. The topological polar surface area (TPSA) is 43.4 Å². The number of carbonyl (C=O) groups excluding carboxylic acids is 2. The Kier molecular flexibility index (Phi) is 2.27. The Labute approximate surface area is 63.3 Å². The number of carbonyl (C=O) groups is 2. The van der Waals surface area contributed by atoms with Crippen molar-refractivity contribution >= 4 is 23.4 Å². The Morgan fingerprint density at radius 3 is 2.90 bits per heavy atom. The molecule has 0 aromatic heterocycles. The number of ether oxygens (including phenoxy) is 1. The van der Waals surface area contributed by atoms with Gasteiger partial charge in [0.15, 0.2) is 11.9 Å². The monoisotopic (exact) mass is 162 g/mol. The number of ketones is 1. The van der Waals surface area contributed by atoms with Crippen molar-refractivity contribution in [2.45, 2.75) is 18.9 Å². The summed E-state index contributed by atoms with van der Waals surface area (Å²) in [5, 5.41) is 0. The molecule has 4 heteroatoms. The molecule has 0 N–H and O–H groups in total. The molecule has 1 atom stereocenters. The first kappa shape index (κ1) is 7.54. The standard InChI is InChI=1S/C6H7ClO3/c7-3-4(8)5-1-2-6(9)10-5/h5H,1-3H2/t5-/m0/s1. The van der Waals surface area contributed by atoms with Crippen LogP contribution in [-0.4, -0.2) is 23.7 Å². The van der Waals surface area contributed by atoms with Crippen LogP contribution in [0.4, 0.5) is 0 Å². The predicted octanol–water partition coefficient (Wildman–Crippen LogP) is 0.500. The highest BCUT2D eigenvalue weighted by molar-refractivity contribution is 6.28. The number of hydrogen-bond donors (Lipinski definition) is 0. The molecule has 1 saturated heterocycles. The molecule has 1 rings (SSSR count). The van der Waals surface area contributed by atoms with E-state index in [0.29, 0.717) is 12.8 Å². The molecule has 0 radical (unpaired) electrons. The molecule has 56 valence electrons. The minimum absolute atomic E-state index is 0.0715. The first-order valence-electron chi connectivity index (χ1n) is 3.02. The molecule has 1 fully saturated rings. The molecule has 10 heavy (non-hydrogen) atoms. The van der Waals surface area contributed by atoms with Crippen molar-refractivity contribution in [3.05, 3.63) is 0 Å². The van der Waals surface area contributed by atoms with E-state index in [4.69, 9.17) is 11.6 Å². The molecule has 0 amide bonds. The second kappa shape index (κ2) is 3.01. The quantitative estimate of drug-likeness (QED) is 0.439. The van der Waals surface area contributed by atoms with E-state index < -0.39 is 6.10 Å². The van der Waals surface area contributed by atoms with Gasteiger partial charge in [0.2, 0.25) is 0 Å². The Morgan fingerprint density at radius 2 is 2.50 bits per heavy atom. The van der Waals surface area contributed by atoms with Crippen molar-refractivity contribution in [3.63, 3.8) is 0 Å². The van der Waals surface area contributed by atoms with Gasteiger partial charge in [-0.15, -0.1) is 11.6 Å². The van der Waals surface area contributed by atoms with Gasteiger partial charge in [0.05, 0.1) is 5.88 Å². The van der Waals surface area contributed by atoms with Gasteiger partial charge in [-0.05, 0) is 0 Å². The van der Waals surface area contributed by atoms with E-state index in [1.165, 1.54) is 0 Å². The maximum absolute atomic E-state index is 10.8. The van der Waals surface area contributed by atoms with E-state index in [-0.39, 0.29) is 17.6 Å². The van der Waals surface area contributed by atoms with Crippen LogP contribution in [0.15, 0.2) is 0 Å². The largest absolute Gasteiger partial charge is 0.454 e. The SMILES string of the molecule is O=C1CC[C@@H](C(=O)CCl)O1. The highest BCUT2D eigenvalue weighted by Crippen LogP contribution is 2.14. The lowest BCUT2D eigenvalue weighted by atomic mass is 10.2. The fourth-order valence-electron chi connectivity index (χ4n) is 0.838. The second-order valence-corrected chi connectivity index (χ2v) is 2.38. The molecule has 0 aromatic carbocycles. The lowest BCUT2D eigenvalue weighted by Gasteiger charge is -2.03. The highest BCUT2D eigenvalue weighted by atomic mass is 35.5. The number of Topliss-reactive ketones (excluding diaryl/α,β-unsaturated/α-hetero) is 1. The second-order valence-electron chi connectivity index (χ2n) is 2.12. The summed E-state index contributed by atoms with van der Waals surface area (Å²) in [6.45, 7) is 0. The Hall–Kier alpha value is -0.570. The number of esters is 1. The van der Waals surface area contributed by atoms with Crippen molar-refractivity contribution in [2.75, 3.05) is 5.88 Å². The summed E-state index contributed by atoms with van der Waals surface area (Å²) in [5.74, 6) is -0.575. The van der Waals surface area contributed by atoms with E-state index in [2.05, 4.69) is 4.74 Å². The van der Waals surface area contributed by atoms with Crippen molar-refractivity contribution in [1.82, 2.24) is 0 Å². The molecule has 0 bridgehead atoms. The van der Waals surface area contributed by atoms with Crippen LogP contribution in [0.1, 0.15) is 12.8 Å². The average molecular weight is 163 g/mol. The Bertz CT molecular complexity index is 166. The van der Waals surface area contributed by atoms with Gasteiger partial charge in [-0.25, -0.2) is 0 Å². The van der Waals surface area contributed by atoms with E-state index in [9.17, 15) is 9.59 Å². The molecule has 0 spiro atoms. The van der Waals surface area contributed by atoms with Crippen molar-refractivity contribution < 1.29 is 14.3 Å². The summed E-state index contributed by atoms with van der Waals surface area (Å²) < 4.78 is 4.64. The van der Waals surface area contributed by atoms with Crippen LogP contribution in [-0.2, 0) is 14.3 Å². The van der Waals surface area contributed by atoms with Gasteiger partial charge in [-0.1, -0.05) is 0 Å². The number of alkyl halides is 1. The number of halogens is 1. The third-order valence-corrected chi connectivity index (χ3v) is 1.64. The molecule has 1 aliphatic heterocycles. The zero-order valence-corrected chi connectivity index (χ0v) is 6.06. The number of hydrogen-bond acceptors (Lipinski definition) is 3. The van der Waals surface area contributed by atoms with Crippen LogP contribution in [0.3, 0.4) is 0 Å². The molecular formula is C6H7ClO3. The highest BCUT2D eigenvalue weighted by Gasteiger charge is 2.28. The maximum Gasteiger partial charge on any atom is 0.306 e. The van der Waals surface area contributed by atoms with Gasteiger partial charge in [0.1, 0.15) is 0 Å². The van der Waals surface area contributed by atoms with Crippen LogP contribution >= 0.6 is 11.6 Å². The molecule has 0 unspecified atom stereocenters. The van der Waals surface area contributed by atoms with Crippen LogP contribution in [0, 0.1) is 0 Å². The summed E-state index contributed by atoms with van der Waals surface area (Å²) >= 11 is 5.24. The van der Waals surface area contributed by atoms with Gasteiger partial charge in [0, 0.05) is 12.8 Å². The van der Waals surface area contributed by atoms with E-state index in [1.54, 1.807) is 0 Å². The maximum atomic E-state index is 10.8. The van der Waals surface area contributed by atoms with Crippen molar-refractivity contribution in [1.29, 1.82) is 0 Å². The van der Waals surface area contributed by atoms with Crippen LogP contribution in [0.2, 0.25) is 0 Å². The van der Waals surface area contributed by atoms with Gasteiger partial charge in [-0.3, -0.25) is 9.59 Å². The van der Waals surface area contributed by atoms with Crippen LogP contribution in [0.5, 0.6) is 0 Å². The van der Waals surface area contributed by atoms with Crippen molar-refractivity contribution in [3.8, 4) is 0 Å². The van der Waals surface area contributed by atoms with Gasteiger partial charge >= 0.3 is 5.97 Å². The zero-order valence-electron chi connectivity index (χ0n) is 5.30. The number of rotatable bonds is 2. The van der Waals surface area contributed by atoms with Crippen molar-refractivity contribution in [2.24, 2.45) is 0 Å². The van der Waals surface area contributed by atoms with Gasteiger partial charge in [0.25, 0.3) is 0 Å². The third kappa shape index (κ3) is 1.48. The minimum atomic E-state index is -0.565. The molecule has 0 saturated carbocycles. The average Bonchev–Trinajstić information content (AvgIpc) is 2.34. The number of cyclic esters (lactones) is 1. The molecule has 1 aliphatic rings. The normalized spacial score (nSPS) is 24.5. The van der Waals surface area contributed by atoms with E-state index in [1.807, 2.05) is 0 Å². The third-order valence-electron chi connectivity index (χ3n) is 1.38. The minimum Gasteiger partial charge on any atom is -0.454 e. The van der Waals surface area contributed by atoms with Gasteiger partial charge in [-0.2, -0.15) is 0 Å². The fourth-order valence-corrected chi connectivity index (χ4v) is 1.01. The Morgan fingerprint density at radius 1 is 1.80 bits per heavy atom. The van der Waals surface area contributed by atoms with Crippen LogP contribution in [0.25, 0.3) is 0 Å². The summed E-state index contributed by atoms with van der Waals surface area (Å²) in [6, 6.07) is 0. The molecule has 1 heterocycles. The lowest BCUT2D eigenvalue weighted by Crippen LogP contribution is -2.20. The predicted molar refractivity (Wildman–Crippen MR) is 34.8 cm³/mol. The summed E-state index contributed by atoms with van der Waals surface area (Å²) in [7, 11) is 0. The fraction of sp³-hybridized carbons (Fsp3) is 0.667. The smallest absolute Gasteiger partial charge is 0.306 e.